The minimum absolute atomic E-state index is 0. The van der Waals surface area contributed by atoms with Gasteiger partial charge in [-0.1, -0.05) is 35.7 Å². The zero-order valence-corrected chi connectivity index (χ0v) is 16.6. The molecule has 1 aromatic carbocycles. The van der Waals surface area contributed by atoms with Crippen molar-refractivity contribution in [3.05, 3.63) is 34.9 Å². The van der Waals surface area contributed by atoms with Crippen LogP contribution in [0.25, 0.3) is 0 Å². The van der Waals surface area contributed by atoms with Crippen LogP contribution in [0.5, 0.6) is 0 Å². The summed E-state index contributed by atoms with van der Waals surface area (Å²) in [6.45, 7) is 6.37. The SMILES string of the molecule is Cc1cc(C)cc(CC(C)NC(=O)C2CC3CCCC(C2)C3N)c1.Cl. The van der Waals surface area contributed by atoms with Crippen molar-refractivity contribution in [3.63, 3.8) is 0 Å². The van der Waals surface area contributed by atoms with Gasteiger partial charge in [0.2, 0.25) is 5.91 Å². The van der Waals surface area contributed by atoms with Crippen LogP contribution >= 0.6 is 12.4 Å². The molecule has 1 aromatic rings. The van der Waals surface area contributed by atoms with Crippen LogP contribution in [-0.2, 0) is 11.2 Å². The summed E-state index contributed by atoms with van der Waals surface area (Å²) in [6.07, 6.45) is 6.58. The van der Waals surface area contributed by atoms with E-state index in [-0.39, 0.29) is 30.3 Å². The molecule has 2 fully saturated rings. The molecule has 0 saturated heterocycles. The first-order valence-electron chi connectivity index (χ1n) is 9.55. The van der Waals surface area contributed by atoms with Crippen molar-refractivity contribution in [2.45, 2.75) is 71.4 Å². The Balaban J connectivity index is 0.00000225. The Morgan fingerprint density at radius 1 is 1.16 bits per heavy atom. The first-order chi connectivity index (χ1) is 11.4. The molecule has 3 rings (SSSR count). The second-order valence-electron chi connectivity index (χ2n) is 8.31. The fraction of sp³-hybridized carbons (Fsp3) is 0.667. The summed E-state index contributed by atoms with van der Waals surface area (Å²) in [5.41, 5.74) is 10.2. The lowest BCUT2D eigenvalue weighted by molar-refractivity contribution is -0.128. The van der Waals surface area contributed by atoms with Gasteiger partial charge < -0.3 is 11.1 Å². The highest BCUT2D eigenvalue weighted by Crippen LogP contribution is 2.41. The Labute approximate surface area is 158 Å². The standard InChI is InChI=1S/C21H32N2O.ClH/c1-13-7-14(2)9-16(8-13)10-15(3)23-21(24)19-11-17-5-4-6-18(12-19)20(17)22;/h7-9,15,17-20H,4-6,10-12,22H2,1-3H3,(H,23,24);1H. The van der Waals surface area contributed by atoms with Crippen molar-refractivity contribution < 1.29 is 4.79 Å². The summed E-state index contributed by atoms with van der Waals surface area (Å²) in [6, 6.07) is 7.14. The molecular formula is C21H33ClN2O. The van der Waals surface area contributed by atoms with Crippen molar-refractivity contribution in [2.75, 3.05) is 0 Å². The average Bonchev–Trinajstić information content (AvgIpc) is 2.45. The minimum Gasteiger partial charge on any atom is -0.353 e. The number of amides is 1. The average molecular weight is 365 g/mol. The highest BCUT2D eigenvalue weighted by Gasteiger charge is 2.40. The largest absolute Gasteiger partial charge is 0.353 e. The summed E-state index contributed by atoms with van der Waals surface area (Å²) in [4.78, 5) is 12.7. The van der Waals surface area contributed by atoms with E-state index in [0.29, 0.717) is 17.9 Å². The summed E-state index contributed by atoms with van der Waals surface area (Å²) in [5.74, 6) is 1.53. The fourth-order valence-corrected chi connectivity index (χ4v) is 4.96. The van der Waals surface area contributed by atoms with Gasteiger partial charge >= 0.3 is 0 Å². The maximum atomic E-state index is 12.7. The number of nitrogens with two attached hydrogens (primary N) is 1. The Bertz CT molecular complexity index is 569. The van der Waals surface area contributed by atoms with Crippen LogP contribution in [0.15, 0.2) is 18.2 Å². The van der Waals surface area contributed by atoms with Gasteiger partial charge in [0, 0.05) is 18.0 Å². The molecule has 0 spiro atoms. The van der Waals surface area contributed by atoms with E-state index in [0.717, 1.165) is 19.3 Å². The summed E-state index contributed by atoms with van der Waals surface area (Å²) in [7, 11) is 0. The summed E-state index contributed by atoms with van der Waals surface area (Å²) < 4.78 is 0. The Hall–Kier alpha value is -1.06. The van der Waals surface area contributed by atoms with Gasteiger partial charge in [0.15, 0.2) is 0 Å². The smallest absolute Gasteiger partial charge is 0.223 e. The third kappa shape index (κ3) is 4.98. The lowest BCUT2D eigenvalue weighted by atomic mass is 9.65. The molecule has 3 N–H and O–H groups in total. The first-order valence-corrected chi connectivity index (χ1v) is 9.55. The molecule has 2 saturated carbocycles. The highest BCUT2D eigenvalue weighted by molar-refractivity contribution is 5.85. The van der Waals surface area contributed by atoms with Gasteiger partial charge in [-0.3, -0.25) is 4.79 Å². The Kier molecular flexibility index (Phi) is 6.93. The Morgan fingerprint density at radius 3 is 2.28 bits per heavy atom. The molecule has 140 valence electrons. The molecule has 3 atom stereocenters. The first kappa shape index (κ1) is 20.3. The van der Waals surface area contributed by atoms with Crippen LogP contribution in [0, 0.1) is 31.6 Å². The lowest BCUT2D eigenvalue weighted by Crippen LogP contribution is -2.50. The van der Waals surface area contributed by atoms with E-state index in [9.17, 15) is 4.79 Å². The third-order valence-electron chi connectivity index (χ3n) is 6.00. The van der Waals surface area contributed by atoms with Crippen molar-refractivity contribution in [3.8, 4) is 0 Å². The van der Waals surface area contributed by atoms with Crippen LogP contribution in [0.2, 0.25) is 0 Å². The maximum Gasteiger partial charge on any atom is 0.223 e. The number of nitrogens with one attached hydrogen (secondary N) is 1. The highest BCUT2D eigenvalue weighted by atomic mass is 35.5. The molecule has 4 heteroatoms. The number of aryl methyl sites for hydroxylation is 2. The zero-order valence-electron chi connectivity index (χ0n) is 15.8. The predicted molar refractivity (Wildman–Crippen MR) is 106 cm³/mol. The molecule has 3 nitrogen and oxygen atoms in total. The predicted octanol–water partition coefficient (Wildman–Crippen LogP) is 3.93. The van der Waals surface area contributed by atoms with Gasteiger partial charge in [0.1, 0.15) is 0 Å². The number of hydrogen-bond donors (Lipinski definition) is 2. The molecule has 1 amide bonds. The van der Waals surface area contributed by atoms with Gasteiger partial charge in [-0.2, -0.15) is 0 Å². The van der Waals surface area contributed by atoms with Crippen molar-refractivity contribution >= 4 is 18.3 Å². The van der Waals surface area contributed by atoms with Crippen molar-refractivity contribution in [1.82, 2.24) is 5.32 Å². The van der Waals surface area contributed by atoms with Crippen molar-refractivity contribution in [2.24, 2.45) is 23.5 Å². The fourth-order valence-electron chi connectivity index (χ4n) is 4.96. The van der Waals surface area contributed by atoms with E-state index >= 15 is 0 Å². The number of rotatable bonds is 4. The van der Waals surface area contributed by atoms with E-state index in [4.69, 9.17) is 5.73 Å². The third-order valence-corrected chi connectivity index (χ3v) is 6.00. The van der Waals surface area contributed by atoms with Crippen LogP contribution in [-0.4, -0.2) is 18.0 Å². The zero-order chi connectivity index (χ0) is 17.3. The van der Waals surface area contributed by atoms with E-state index in [1.54, 1.807) is 0 Å². The minimum atomic E-state index is 0. The molecule has 0 aromatic heterocycles. The molecule has 2 bridgehead atoms. The summed E-state index contributed by atoms with van der Waals surface area (Å²) in [5, 5.41) is 3.26. The Morgan fingerprint density at radius 2 is 1.72 bits per heavy atom. The van der Waals surface area contributed by atoms with Crippen LogP contribution < -0.4 is 11.1 Å². The molecule has 2 aliphatic carbocycles. The number of benzene rings is 1. The molecule has 3 unspecified atom stereocenters. The van der Waals surface area contributed by atoms with Gasteiger partial charge in [-0.25, -0.2) is 0 Å². The summed E-state index contributed by atoms with van der Waals surface area (Å²) >= 11 is 0. The van der Waals surface area contributed by atoms with E-state index in [1.807, 2.05) is 0 Å². The number of carbonyl (C=O) groups excluding carboxylic acids is 1. The molecule has 0 aliphatic heterocycles. The monoisotopic (exact) mass is 364 g/mol. The topological polar surface area (TPSA) is 55.1 Å². The van der Waals surface area contributed by atoms with E-state index < -0.39 is 0 Å². The number of halogens is 1. The van der Waals surface area contributed by atoms with Crippen LogP contribution in [0.4, 0.5) is 0 Å². The molecular weight excluding hydrogens is 332 g/mol. The molecule has 25 heavy (non-hydrogen) atoms. The van der Waals surface area contributed by atoms with E-state index in [1.165, 1.54) is 36.0 Å². The van der Waals surface area contributed by atoms with Gasteiger partial charge in [-0.05, 0) is 70.3 Å². The van der Waals surface area contributed by atoms with E-state index in [2.05, 4.69) is 44.3 Å². The van der Waals surface area contributed by atoms with Gasteiger partial charge in [0.05, 0.1) is 0 Å². The number of carbonyl (C=O) groups is 1. The molecule has 2 aliphatic rings. The second-order valence-corrected chi connectivity index (χ2v) is 8.31. The normalized spacial score (nSPS) is 29.4. The quantitative estimate of drug-likeness (QED) is 0.850. The van der Waals surface area contributed by atoms with Crippen molar-refractivity contribution in [1.29, 1.82) is 0 Å². The molecule has 0 radical (unpaired) electrons. The van der Waals surface area contributed by atoms with Crippen LogP contribution in [0.3, 0.4) is 0 Å². The number of hydrogen-bond acceptors (Lipinski definition) is 2. The molecule has 0 heterocycles. The number of fused-ring (bicyclic) bond motifs is 2. The van der Waals surface area contributed by atoms with Gasteiger partial charge in [0.25, 0.3) is 0 Å². The maximum absolute atomic E-state index is 12.7. The lowest BCUT2D eigenvalue weighted by Gasteiger charge is -2.43. The van der Waals surface area contributed by atoms with Crippen LogP contribution in [0.1, 0.15) is 55.7 Å². The second kappa shape index (κ2) is 8.55. The van der Waals surface area contributed by atoms with Gasteiger partial charge in [-0.15, -0.1) is 12.4 Å².